The third-order valence-corrected chi connectivity index (χ3v) is 3.11. The Bertz CT molecular complexity index is 461. The van der Waals surface area contributed by atoms with E-state index in [1.807, 2.05) is 0 Å². The smallest absolute Gasteiger partial charge is 0.326 e. The van der Waals surface area contributed by atoms with Crippen molar-refractivity contribution < 1.29 is 14.7 Å². The maximum atomic E-state index is 12.1. The Morgan fingerprint density at radius 1 is 1.41 bits per heavy atom. The molecule has 1 heterocycles. The Morgan fingerprint density at radius 3 is 2.82 bits per heavy atom. The van der Waals surface area contributed by atoms with Gasteiger partial charge in [0.1, 0.15) is 6.04 Å². The molecule has 0 spiro atoms. The first-order chi connectivity index (χ1) is 8.09. The number of carboxylic acids is 1. The van der Waals surface area contributed by atoms with Crippen molar-refractivity contribution in [3.05, 3.63) is 34.9 Å². The lowest BCUT2D eigenvalue weighted by molar-refractivity contribution is -0.141. The number of carbonyl (C=O) groups excluding carboxylic acids is 1. The van der Waals surface area contributed by atoms with Gasteiger partial charge in [0.25, 0.3) is 5.91 Å². The zero-order valence-corrected chi connectivity index (χ0v) is 9.85. The number of hydrogen-bond acceptors (Lipinski definition) is 2. The summed E-state index contributed by atoms with van der Waals surface area (Å²) in [6, 6.07) is 5.85. The molecule has 90 valence electrons. The molecule has 1 aliphatic rings. The molecule has 1 amide bonds. The average Bonchev–Trinajstić information content (AvgIpc) is 2.77. The number of benzene rings is 1. The Labute approximate surface area is 104 Å². The number of aliphatic carboxylic acids is 1. The molecule has 1 fully saturated rings. The van der Waals surface area contributed by atoms with Crippen molar-refractivity contribution in [1.29, 1.82) is 0 Å². The fraction of sp³-hybridized carbons (Fsp3) is 0.333. The maximum Gasteiger partial charge on any atom is 0.326 e. The second kappa shape index (κ2) is 4.75. The molecule has 4 nitrogen and oxygen atoms in total. The van der Waals surface area contributed by atoms with E-state index in [9.17, 15) is 9.59 Å². The quantitative estimate of drug-likeness (QED) is 0.877. The number of likely N-dealkylation sites (tertiary alicyclic amines) is 1. The molecule has 2 rings (SSSR count). The van der Waals surface area contributed by atoms with Crippen LogP contribution in [0, 0.1) is 0 Å². The van der Waals surface area contributed by atoms with Crippen LogP contribution in [0.2, 0.25) is 5.02 Å². The standard InChI is InChI=1S/C12H12ClNO3/c13-9-4-1-3-8(7-9)11(15)14-6-2-5-10(14)12(16)17/h1,3-4,7,10H,2,5-6H2,(H,16,17)/t10-/m0/s1. The first kappa shape index (κ1) is 11.9. The first-order valence-corrected chi connectivity index (χ1v) is 5.77. The van der Waals surface area contributed by atoms with Crippen molar-refractivity contribution in [2.45, 2.75) is 18.9 Å². The van der Waals surface area contributed by atoms with Gasteiger partial charge in [0.2, 0.25) is 0 Å². The number of carbonyl (C=O) groups is 2. The van der Waals surface area contributed by atoms with Gasteiger partial charge in [-0.05, 0) is 31.0 Å². The number of carboxylic acid groups (broad SMARTS) is 1. The minimum atomic E-state index is -0.946. The van der Waals surface area contributed by atoms with Crippen LogP contribution in [0.15, 0.2) is 24.3 Å². The predicted molar refractivity (Wildman–Crippen MR) is 63.1 cm³/mol. The van der Waals surface area contributed by atoms with E-state index in [-0.39, 0.29) is 5.91 Å². The Hall–Kier alpha value is -1.55. The Balaban J connectivity index is 2.23. The van der Waals surface area contributed by atoms with E-state index >= 15 is 0 Å². The summed E-state index contributed by atoms with van der Waals surface area (Å²) in [5.41, 5.74) is 0.436. The van der Waals surface area contributed by atoms with Crippen LogP contribution in [0.3, 0.4) is 0 Å². The molecular formula is C12H12ClNO3. The van der Waals surface area contributed by atoms with Crippen LogP contribution in [0.5, 0.6) is 0 Å². The molecule has 5 heteroatoms. The first-order valence-electron chi connectivity index (χ1n) is 5.39. The molecular weight excluding hydrogens is 242 g/mol. The maximum absolute atomic E-state index is 12.1. The summed E-state index contributed by atoms with van der Waals surface area (Å²) in [4.78, 5) is 24.5. The molecule has 0 saturated carbocycles. The van der Waals surface area contributed by atoms with Crippen molar-refractivity contribution in [3.8, 4) is 0 Å². The van der Waals surface area contributed by atoms with Crippen LogP contribution in [-0.4, -0.2) is 34.5 Å². The van der Waals surface area contributed by atoms with Crippen molar-refractivity contribution in [2.24, 2.45) is 0 Å². The summed E-state index contributed by atoms with van der Waals surface area (Å²) in [7, 11) is 0. The Morgan fingerprint density at radius 2 is 2.18 bits per heavy atom. The summed E-state index contributed by atoms with van der Waals surface area (Å²) < 4.78 is 0. The van der Waals surface area contributed by atoms with E-state index in [2.05, 4.69) is 0 Å². The van der Waals surface area contributed by atoms with Crippen LogP contribution in [-0.2, 0) is 4.79 Å². The molecule has 0 aromatic heterocycles. The normalized spacial score (nSPS) is 19.4. The van der Waals surface area contributed by atoms with Gasteiger partial charge in [-0.15, -0.1) is 0 Å². The molecule has 0 radical (unpaired) electrons. The number of halogens is 1. The molecule has 1 aliphatic heterocycles. The second-order valence-electron chi connectivity index (χ2n) is 4.01. The van der Waals surface area contributed by atoms with Crippen LogP contribution >= 0.6 is 11.6 Å². The molecule has 1 N–H and O–H groups in total. The van der Waals surface area contributed by atoms with Gasteiger partial charge in [-0.1, -0.05) is 17.7 Å². The van der Waals surface area contributed by atoms with Crippen molar-refractivity contribution >= 4 is 23.5 Å². The van der Waals surface area contributed by atoms with Crippen LogP contribution in [0.4, 0.5) is 0 Å². The molecule has 1 atom stereocenters. The number of hydrogen-bond donors (Lipinski definition) is 1. The summed E-state index contributed by atoms with van der Waals surface area (Å²) in [5.74, 6) is -1.21. The lowest BCUT2D eigenvalue weighted by atomic mass is 10.1. The third kappa shape index (κ3) is 2.42. The average molecular weight is 254 g/mol. The molecule has 0 bridgehead atoms. The second-order valence-corrected chi connectivity index (χ2v) is 4.44. The highest BCUT2D eigenvalue weighted by atomic mass is 35.5. The highest BCUT2D eigenvalue weighted by molar-refractivity contribution is 6.31. The van der Waals surface area contributed by atoms with Gasteiger partial charge >= 0.3 is 5.97 Å². The predicted octanol–water partition coefficient (Wildman–Crippen LogP) is 2.03. The highest BCUT2D eigenvalue weighted by Gasteiger charge is 2.34. The van der Waals surface area contributed by atoms with Gasteiger partial charge in [-0.25, -0.2) is 4.79 Å². The van der Waals surface area contributed by atoms with Crippen molar-refractivity contribution in [3.63, 3.8) is 0 Å². The molecule has 1 saturated heterocycles. The topological polar surface area (TPSA) is 57.6 Å². The van der Waals surface area contributed by atoms with E-state index in [0.717, 1.165) is 6.42 Å². The van der Waals surface area contributed by atoms with Crippen LogP contribution in [0.25, 0.3) is 0 Å². The summed E-state index contributed by atoms with van der Waals surface area (Å²) in [6.45, 7) is 0.488. The fourth-order valence-corrected chi connectivity index (χ4v) is 2.24. The fourth-order valence-electron chi connectivity index (χ4n) is 2.05. The van der Waals surface area contributed by atoms with E-state index in [1.165, 1.54) is 4.90 Å². The third-order valence-electron chi connectivity index (χ3n) is 2.87. The summed E-state index contributed by atoms with van der Waals surface area (Å²) in [5, 5.41) is 9.49. The molecule has 1 aromatic rings. The van der Waals surface area contributed by atoms with Gasteiger partial charge in [-0.2, -0.15) is 0 Å². The van der Waals surface area contributed by atoms with Gasteiger partial charge in [-0.3, -0.25) is 4.79 Å². The molecule has 1 aromatic carbocycles. The van der Waals surface area contributed by atoms with Gasteiger partial charge < -0.3 is 10.0 Å². The van der Waals surface area contributed by atoms with Crippen molar-refractivity contribution in [1.82, 2.24) is 4.90 Å². The van der Waals surface area contributed by atoms with Gasteiger partial charge in [0, 0.05) is 17.1 Å². The molecule has 17 heavy (non-hydrogen) atoms. The number of nitrogens with zero attached hydrogens (tertiary/aromatic N) is 1. The van der Waals surface area contributed by atoms with Gasteiger partial charge in [0.15, 0.2) is 0 Å². The minimum Gasteiger partial charge on any atom is -0.480 e. The lowest BCUT2D eigenvalue weighted by Crippen LogP contribution is -2.40. The van der Waals surface area contributed by atoms with E-state index in [4.69, 9.17) is 16.7 Å². The monoisotopic (exact) mass is 253 g/mol. The van der Waals surface area contributed by atoms with Crippen molar-refractivity contribution in [2.75, 3.05) is 6.54 Å². The zero-order chi connectivity index (χ0) is 12.4. The lowest BCUT2D eigenvalue weighted by Gasteiger charge is -2.21. The van der Waals surface area contributed by atoms with E-state index in [0.29, 0.717) is 23.6 Å². The zero-order valence-electron chi connectivity index (χ0n) is 9.10. The van der Waals surface area contributed by atoms with Crippen LogP contribution < -0.4 is 0 Å². The Kier molecular flexibility index (Phi) is 3.33. The summed E-state index contributed by atoms with van der Waals surface area (Å²) >= 11 is 5.81. The largest absolute Gasteiger partial charge is 0.480 e. The number of amides is 1. The molecule has 0 aliphatic carbocycles. The summed E-state index contributed by atoms with van der Waals surface area (Å²) in [6.07, 6.45) is 1.24. The minimum absolute atomic E-state index is 0.266. The van der Waals surface area contributed by atoms with Gasteiger partial charge in [0.05, 0.1) is 0 Å². The van der Waals surface area contributed by atoms with E-state index in [1.54, 1.807) is 24.3 Å². The molecule has 0 unspecified atom stereocenters. The highest BCUT2D eigenvalue weighted by Crippen LogP contribution is 2.21. The van der Waals surface area contributed by atoms with E-state index < -0.39 is 12.0 Å². The SMILES string of the molecule is O=C(O)[C@@H]1CCCN1C(=O)c1cccc(Cl)c1. The number of rotatable bonds is 2. The van der Waals surface area contributed by atoms with Crippen LogP contribution in [0.1, 0.15) is 23.2 Å².